The minimum absolute atomic E-state index is 0.278. The van der Waals surface area contributed by atoms with Crippen LogP contribution >= 0.6 is 0 Å². The molecule has 1 heterocycles. The van der Waals surface area contributed by atoms with Gasteiger partial charge < -0.3 is 4.74 Å². The van der Waals surface area contributed by atoms with Crippen LogP contribution in [0.15, 0.2) is 12.4 Å². The van der Waals surface area contributed by atoms with E-state index in [4.69, 9.17) is 0 Å². The van der Waals surface area contributed by atoms with Crippen molar-refractivity contribution in [2.45, 2.75) is 6.18 Å². The first-order valence-electron chi connectivity index (χ1n) is 3.49. The SMILES string of the molecule is O=CCOc1cc(C(F)(F)F)ncn1. The number of carbonyl (C=O) groups is 1. The maximum atomic E-state index is 12.1. The van der Waals surface area contributed by atoms with E-state index in [-0.39, 0.29) is 12.5 Å². The predicted octanol–water partition coefficient (Wildman–Crippen LogP) is 1.07. The first-order valence-corrected chi connectivity index (χ1v) is 3.49. The van der Waals surface area contributed by atoms with Crippen LogP contribution in [0.3, 0.4) is 0 Å². The molecule has 0 fully saturated rings. The van der Waals surface area contributed by atoms with E-state index < -0.39 is 11.9 Å². The average molecular weight is 206 g/mol. The van der Waals surface area contributed by atoms with Gasteiger partial charge in [-0.15, -0.1) is 0 Å². The molecule has 0 aliphatic carbocycles. The maximum Gasteiger partial charge on any atom is 0.433 e. The summed E-state index contributed by atoms with van der Waals surface area (Å²) in [5.74, 6) is -0.278. The fraction of sp³-hybridized carbons (Fsp3) is 0.286. The molecule has 14 heavy (non-hydrogen) atoms. The van der Waals surface area contributed by atoms with Crippen LogP contribution in [0.1, 0.15) is 5.69 Å². The zero-order valence-corrected chi connectivity index (χ0v) is 6.78. The Hall–Kier alpha value is -1.66. The molecule has 0 bridgehead atoms. The minimum atomic E-state index is -4.54. The van der Waals surface area contributed by atoms with Crippen LogP contribution in [-0.2, 0) is 11.0 Å². The van der Waals surface area contributed by atoms with Crippen LogP contribution in [0.4, 0.5) is 13.2 Å². The van der Waals surface area contributed by atoms with Gasteiger partial charge in [-0.25, -0.2) is 9.97 Å². The monoisotopic (exact) mass is 206 g/mol. The second-order valence-electron chi connectivity index (χ2n) is 2.22. The Morgan fingerprint density at radius 2 is 2.14 bits per heavy atom. The van der Waals surface area contributed by atoms with Gasteiger partial charge in [0.25, 0.3) is 0 Å². The second kappa shape index (κ2) is 4.03. The van der Waals surface area contributed by atoms with Crippen molar-refractivity contribution in [3.05, 3.63) is 18.1 Å². The zero-order chi connectivity index (χ0) is 10.6. The molecule has 0 aromatic carbocycles. The molecular weight excluding hydrogens is 201 g/mol. The number of ether oxygens (including phenoxy) is 1. The van der Waals surface area contributed by atoms with E-state index in [1.54, 1.807) is 0 Å². The third kappa shape index (κ3) is 2.68. The summed E-state index contributed by atoms with van der Waals surface area (Å²) >= 11 is 0. The third-order valence-electron chi connectivity index (χ3n) is 1.23. The molecule has 0 radical (unpaired) electrons. The fourth-order valence-electron chi connectivity index (χ4n) is 0.693. The van der Waals surface area contributed by atoms with Crippen LogP contribution in [-0.4, -0.2) is 22.9 Å². The Morgan fingerprint density at radius 3 is 2.71 bits per heavy atom. The Balaban J connectivity index is 2.84. The summed E-state index contributed by atoms with van der Waals surface area (Å²) in [6, 6.07) is 0.628. The highest BCUT2D eigenvalue weighted by atomic mass is 19.4. The lowest BCUT2D eigenvalue weighted by molar-refractivity contribution is -0.141. The first-order chi connectivity index (χ1) is 6.54. The number of carbonyl (C=O) groups excluding carboxylic acids is 1. The number of nitrogens with zero attached hydrogens (tertiary/aromatic N) is 2. The van der Waals surface area contributed by atoms with Gasteiger partial charge in [-0.05, 0) is 0 Å². The van der Waals surface area contributed by atoms with Gasteiger partial charge in [-0.1, -0.05) is 0 Å². The molecule has 0 aliphatic rings. The molecule has 0 amide bonds. The second-order valence-corrected chi connectivity index (χ2v) is 2.22. The zero-order valence-electron chi connectivity index (χ0n) is 6.78. The van der Waals surface area contributed by atoms with Crippen LogP contribution < -0.4 is 4.74 Å². The van der Waals surface area contributed by atoms with Gasteiger partial charge in [0.2, 0.25) is 5.88 Å². The molecule has 0 unspecified atom stereocenters. The van der Waals surface area contributed by atoms with Gasteiger partial charge in [0, 0.05) is 6.07 Å². The highest BCUT2D eigenvalue weighted by Gasteiger charge is 2.32. The summed E-state index contributed by atoms with van der Waals surface area (Å²) in [6.45, 7) is -0.339. The minimum Gasteiger partial charge on any atom is -0.470 e. The van der Waals surface area contributed by atoms with Gasteiger partial charge >= 0.3 is 6.18 Å². The molecule has 1 aromatic heterocycles. The van der Waals surface area contributed by atoms with E-state index in [1.165, 1.54) is 0 Å². The van der Waals surface area contributed by atoms with Crippen molar-refractivity contribution >= 4 is 6.29 Å². The normalized spacial score (nSPS) is 11.1. The smallest absolute Gasteiger partial charge is 0.433 e. The average Bonchev–Trinajstić information content (AvgIpc) is 2.14. The Bertz CT molecular complexity index is 327. The molecular formula is C7H5F3N2O2. The number of rotatable bonds is 3. The molecule has 0 saturated heterocycles. The molecule has 0 saturated carbocycles. The van der Waals surface area contributed by atoms with Crippen molar-refractivity contribution in [3.8, 4) is 5.88 Å². The lowest BCUT2D eigenvalue weighted by atomic mass is 10.4. The van der Waals surface area contributed by atoms with Gasteiger partial charge in [0.15, 0.2) is 12.0 Å². The van der Waals surface area contributed by atoms with Crippen LogP contribution in [0.2, 0.25) is 0 Å². The Labute approximate surface area is 76.7 Å². The molecule has 4 nitrogen and oxygen atoms in total. The van der Waals surface area contributed by atoms with Crippen LogP contribution in [0.5, 0.6) is 5.88 Å². The first kappa shape index (κ1) is 10.4. The van der Waals surface area contributed by atoms with Crippen molar-refractivity contribution in [2.24, 2.45) is 0 Å². The van der Waals surface area contributed by atoms with Gasteiger partial charge in [0.05, 0.1) is 0 Å². The number of hydrogen-bond donors (Lipinski definition) is 0. The molecule has 1 aromatic rings. The number of alkyl halides is 3. The van der Waals surface area contributed by atoms with Crippen LogP contribution in [0.25, 0.3) is 0 Å². The highest BCUT2D eigenvalue weighted by molar-refractivity contribution is 5.51. The van der Waals surface area contributed by atoms with Gasteiger partial charge in [-0.3, -0.25) is 4.79 Å². The predicted molar refractivity (Wildman–Crippen MR) is 38.6 cm³/mol. The van der Waals surface area contributed by atoms with Crippen molar-refractivity contribution in [2.75, 3.05) is 6.61 Å². The number of aldehydes is 1. The molecule has 0 aliphatic heterocycles. The number of hydrogen-bond acceptors (Lipinski definition) is 4. The molecule has 0 atom stereocenters. The summed E-state index contributed by atoms with van der Waals surface area (Å²) < 4.78 is 40.8. The summed E-state index contributed by atoms with van der Waals surface area (Å²) in [5, 5.41) is 0. The molecule has 0 spiro atoms. The van der Waals surface area contributed by atoms with E-state index in [0.717, 1.165) is 6.33 Å². The Kier molecular flexibility index (Phi) is 3.00. The van der Waals surface area contributed by atoms with E-state index in [1.807, 2.05) is 0 Å². The molecule has 1 rings (SSSR count). The van der Waals surface area contributed by atoms with Crippen molar-refractivity contribution < 1.29 is 22.7 Å². The van der Waals surface area contributed by atoms with Crippen molar-refractivity contribution in [1.82, 2.24) is 9.97 Å². The Morgan fingerprint density at radius 1 is 1.43 bits per heavy atom. The highest BCUT2D eigenvalue weighted by Crippen LogP contribution is 2.28. The fourth-order valence-corrected chi connectivity index (χ4v) is 0.693. The van der Waals surface area contributed by atoms with Crippen LogP contribution in [0, 0.1) is 0 Å². The molecule has 0 N–H and O–H groups in total. The molecule has 76 valence electrons. The van der Waals surface area contributed by atoms with Gasteiger partial charge in [-0.2, -0.15) is 13.2 Å². The topological polar surface area (TPSA) is 52.1 Å². The summed E-state index contributed by atoms with van der Waals surface area (Å²) in [7, 11) is 0. The van der Waals surface area contributed by atoms with E-state index >= 15 is 0 Å². The lowest BCUT2D eigenvalue weighted by Gasteiger charge is -2.06. The quantitative estimate of drug-likeness (QED) is 0.694. The largest absolute Gasteiger partial charge is 0.470 e. The summed E-state index contributed by atoms with van der Waals surface area (Å²) in [5.41, 5.74) is -1.10. The van der Waals surface area contributed by atoms with E-state index in [9.17, 15) is 18.0 Å². The van der Waals surface area contributed by atoms with Crippen molar-refractivity contribution in [3.63, 3.8) is 0 Å². The molecule has 7 heteroatoms. The van der Waals surface area contributed by atoms with Gasteiger partial charge in [0.1, 0.15) is 12.9 Å². The number of aromatic nitrogens is 2. The standard InChI is InChI=1S/C7H5F3N2O2/c8-7(9,10)5-3-6(12-4-11-5)14-2-1-13/h1,3-4H,2H2. The summed E-state index contributed by atoms with van der Waals surface area (Å²) in [6.07, 6.45) is -3.40. The van der Waals surface area contributed by atoms with E-state index in [2.05, 4.69) is 14.7 Å². The maximum absolute atomic E-state index is 12.1. The van der Waals surface area contributed by atoms with Crippen molar-refractivity contribution in [1.29, 1.82) is 0 Å². The summed E-state index contributed by atoms with van der Waals surface area (Å²) in [4.78, 5) is 16.3. The van der Waals surface area contributed by atoms with E-state index in [0.29, 0.717) is 12.4 Å². The third-order valence-corrected chi connectivity index (χ3v) is 1.23. The number of halogens is 3. The lowest BCUT2D eigenvalue weighted by Crippen LogP contribution is -2.09.